The van der Waals surface area contributed by atoms with E-state index in [1.165, 1.54) is 4.90 Å². The van der Waals surface area contributed by atoms with E-state index in [9.17, 15) is 5.11 Å². The van der Waals surface area contributed by atoms with E-state index in [1.807, 2.05) is 30.8 Å². The Morgan fingerprint density at radius 2 is 1.85 bits per heavy atom. The average molecular weight is 196 g/mol. The van der Waals surface area contributed by atoms with Crippen molar-refractivity contribution in [2.24, 2.45) is 0 Å². The second kappa shape index (κ2) is 3.62. The highest BCUT2D eigenvalue weighted by Gasteiger charge is 2.12. The molecule has 0 spiro atoms. The van der Waals surface area contributed by atoms with Gasteiger partial charge in [-0.05, 0) is 30.7 Å². The molecule has 2 heteroatoms. The molecule has 0 atom stereocenters. The number of rotatable bonds is 1. The third kappa shape index (κ3) is 3.31. The minimum absolute atomic E-state index is 0.226. The van der Waals surface area contributed by atoms with Crippen LogP contribution in [-0.4, -0.2) is 9.85 Å². The molecule has 1 aromatic rings. The number of aryl methyl sites for hydroxylation is 1. The first-order valence-corrected chi connectivity index (χ1v) is 5.19. The summed E-state index contributed by atoms with van der Waals surface area (Å²) in [6.07, 6.45) is 0. The van der Waals surface area contributed by atoms with Gasteiger partial charge in [-0.15, -0.1) is 11.8 Å². The highest BCUT2D eigenvalue weighted by molar-refractivity contribution is 8.00. The van der Waals surface area contributed by atoms with Crippen LogP contribution in [0.3, 0.4) is 0 Å². The molecular weight excluding hydrogens is 180 g/mol. The fraction of sp³-hybridized carbons (Fsp3) is 0.455. The van der Waals surface area contributed by atoms with Crippen LogP contribution in [0.2, 0.25) is 0 Å². The van der Waals surface area contributed by atoms with Gasteiger partial charge in [0, 0.05) is 9.64 Å². The van der Waals surface area contributed by atoms with Crippen LogP contribution in [0.5, 0.6) is 5.75 Å². The van der Waals surface area contributed by atoms with Crippen LogP contribution < -0.4 is 0 Å². The van der Waals surface area contributed by atoms with Gasteiger partial charge in [-0.25, -0.2) is 0 Å². The van der Waals surface area contributed by atoms with Crippen LogP contribution in [0.4, 0.5) is 0 Å². The summed E-state index contributed by atoms with van der Waals surface area (Å²) in [4.78, 5) is 1.21. The molecule has 13 heavy (non-hydrogen) atoms. The molecule has 72 valence electrons. The summed E-state index contributed by atoms with van der Waals surface area (Å²) in [6, 6.07) is 5.73. The second-order valence-corrected chi connectivity index (χ2v) is 6.06. The van der Waals surface area contributed by atoms with Crippen molar-refractivity contribution in [3.8, 4) is 5.75 Å². The number of phenolic OH excluding ortho intramolecular Hbond substituents is 1. The number of hydrogen-bond acceptors (Lipinski definition) is 2. The third-order valence-electron chi connectivity index (χ3n) is 1.59. The topological polar surface area (TPSA) is 20.2 Å². The molecule has 0 fully saturated rings. The zero-order chi connectivity index (χ0) is 10.1. The van der Waals surface area contributed by atoms with Crippen molar-refractivity contribution in [2.75, 3.05) is 0 Å². The van der Waals surface area contributed by atoms with E-state index in [0.29, 0.717) is 5.75 Å². The number of benzene rings is 1. The van der Waals surface area contributed by atoms with Gasteiger partial charge in [0.15, 0.2) is 0 Å². The van der Waals surface area contributed by atoms with E-state index in [0.717, 1.165) is 5.56 Å². The molecule has 0 aliphatic heterocycles. The maximum atomic E-state index is 9.33. The summed E-state index contributed by atoms with van der Waals surface area (Å²) >= 11 is 1.81. The number of aromatic hydroxyl groups is 1. The summed E-state index contributed by atoms with van der Waals surface area (Å²) in [5, 5.41) is 9.33. The minimum Gasteiger partial charge on any atom is -0.508 e. The van der Waals surface area contributed by atoms with Crippen molar-refractivity contribution in [2.45, 2.75) is 37.3 Å². The van der Waals surface area contributed by atoms with Crippen molar-refractivity contribution < 1.29 is 5.11 Å². The summed E-state index contributed by atoms with van der Waals surface area (Å²) in [5.74, 6) is 0.373. The molecule has 1 aromatic carbocycles. The quantitative estimate of drug-likeness (QED) is 0.693. The first kappa shape index (κ1) is 10.5. The van der Waals surface area contributed by atoms with Crippen LogP contribution >= 0.6 is 11.8 Å². The van der Waals surface area contributed by atoms with Gasteiger partial charge >= 0.3 is 0 Å². The van der Waals surface area contributed by atoms with Gasteiger partial charge in [-0.3, -0.25) is 0 Å². The molecule has 0 heterocycles. The highest BCUT2D eigenvalue weighted by Crippen LogP contribution is 2.33. The molecule has 0 aliphatic rings. The molecule has 0 unspecified atom stereocenters. The van der Waals surface area contributed by atoms with E-state index in [-0.39, 0.29) is 4.75 Å². The highest BCUT2D eigenvalue weighted by atomic mass is 32.2. The lowest BCUT2D eigenvalue weighted by Crippen LogP contribution is -2.06. The Labute approximate surface area is 84.2 Å². The molecule has 0 bridgehead atoms. The van der Waals surface area contributed by atoms with Crippen LogP contribution in [0, 0.1) is 6.92 Å². The lowest BCUT2D eigenvalue weighted by atomic mass is 10.2. The van der Waals surface area contributed by atoms with Crippen molar-refractivity contribution in [1.29, 1.82) is 0 Å². The van der Waals surface area contributed by atoms with Crippen molar-refractivity contribution in [3.05, 3.63) is 23.8 Å². The lowest BCUT2D eigenvalue weighted by molar-refractivity contribution is 0.470. The standard InChI is InChI=1S/C11H16OS/c1-8-7-9(5-6-10(8)12)13-11(2,3)4/h5-7,12H,1-4H3. The van der Waals surface area contributed by atoms with Crippen LogP contribution in [-0.2, 0) is 0 Å². The number of thioether (sulfide) groups is 1. The Kier molecular flexibility index (Phi) is 2.91. The Bertz CT molecular complexity index is 299. The fourth-order valence-corrected chi connectivity index (χ4v) is 2.12. The predicted octanol–water partition coefficient (Wildman–Crippen LogP) is 3.59. The molecule has 1 nitrogen and oxygen atoms in total. The summed E-state index contributed by atoms with van der Waals surface area (Å²) in [5.41, 5.74) is 0.939. The molecule has 0 radical (unpaired) electrons. The van der Waals surface area contributed by atoms with E-state index < -0.39 is 0 Å². The molecule has 0 saturated heterocycles. The van der Waals surface area contributed by atoms with Gasteiger partial charge in [0.1, 0.15) is 5.75 Å². The van der Waals surface area contributed by atoms with Gasteiger partial charge < -0.3 is 5.11 Å². The molecule has 1 rings (SSSR count). The molecular formula is C11H16OS. The van der Waals surface area contributed by atoms with Crippen LogP contribution in [0.15, 0.2) is 23.1 Å². The predicted molar refractivity (Wildman–Crippen MR) is 58.5 cm³/mol. The maximum Gasteiger partial charge on any atom is 0.118 e. The van der Waals surface area contributed by atoms with Gasteiger partial charge in [0.2, 0.25) is 0 Å². The van der Waals surface area contributed by atoms with E-state index in [4.69, 9.17) is 0 Å². The Balaban J connectivity index is 2.86. The molecule has 0 amide bonds. The van der Waals surface area contributed by atoms with E-state index in [2.05, 4.69) is 20.8 Å². The maximum absolute atomic E-state index is 9.33. The molecule has 0 aliphatic carbocycles. The monoisotopic (exact) mass is 196 g/mol. The van der Waals surface area contributed by atoms with Crippen molar-refractivity contribution >= 4 is 11.8 Å². The zero-order valence-electron chi connectivity index (χ0n) is 8.59. The van der Waals surface area contributed by atoms with Gasteiger partial charge in [-0.2, -0.15) is 0 Å². The fourth-order valence-electron chi connectivity index (χ4n) is 1.04. The van der Waals surface area contributed by atoms with E-state index in [1.54, 1.807) is 6.07 Å². The average Bonchev–Trinajstić information content (AvgIpc) is 1.94. The largest absolute Gasteiger partial charge is 0.508 e. The summed E-state index contributed by atoms with van der Waals surface area (Å²) < 4.78 is 0.226. The van der Waals surface area contributed by atoms with Gasteiger partial charge in [0.05, 0.1) is 0 Å². The second-order valence-electron chi connectivity index (χ2n) is 4.16. The number of hydrogen-bond donors (Lipinski definition) is 1. The van der Waals surface area contributed by atoms with Gasteiger partial charge in [-0.1, -0.05) is 20.8 Å². The minimum atomic E-state index is 0.226. The Morgan fingerprint density at radius 3 is 2.31 bits per heavy atom. The van der Waals surface area contributed by atoms with Gasteiger partial charge in [0.25, 0.3) is 0 Å². The molecule has 1 N–H and O–H groups in total. The Hall–Kier alpha value is -0.630. The van der Waals surface area contributed by atoms with Crippen LogP contribution in [0.25, 0.3) is 0 Å². The number of phenols is 1. The summed E-state index contributed by atoms with van der Waals surface area (Å²) in [7, 11) is 0. The first-order valence-electron chi connectivity index (χ1n) is 4.37. The normalized spacial score (nSPS) is 11.7. The van der Waals surface area contributed by atoms with Crippen molar-refractivity contribution in [1.82, 2.24) is 0 Å². The Morgan fingerprint density at radius 1 is 1.23 bits per heavy atom. The molecule has 0 saturated carbocycles. The lowest BCUT2D eigenvalue weighted by Gasteiger charge is -2.17. The summed E-state index contributed by atoms with van der Waals surface area (Å²) in [6.45, 7) is 8.46. The SMILES string of the molecule is Cc1cc(SC(C)(C)C)ccc1O. The smallest absolute Gasteiger partial charge is 0.118 e. The zero-order valence-corrected chi connectivity index (χ0v) is 9.40. The van der Waals surface area contributed by atoms with E-state index >= 15 is 0 Å². The third-order valence-corrected chi connectivity index (χ3v) is 2.69. The van der Waals surface area contributed by atoms with Crippen molar-refractivity contribution in [3.63, 3.8) is 0 Å². The molecule has 0 aromatic heterocycles. The van der Waals surface area contributed by atoms with Crippen LogP contribution in [0.1, 0.15) is 26.3 Å². The first-order chi connectivity index (χ1) is 5.88.